The minimum atomic E-state index is -0.437. The maximum Gasteiger partial charge on any atom is 0.318 e. The van der Waals surface area contributed by atoms with E-state index in [-0.39, 0.29) is 24.1 Å². The predicted octanol–water partition coefficient (Wildman–Crippen LogP) is 3.19. The summed E-state index contributed by atoms with van der Waals surface area (Å²) in [4.78, 5) is 39.0. The number of rotatable bonds is 3. The summed E-state index contributed by atoms with van der Waals surface area (Å²) in [5, 5.41) is 5.33. The van der Waals surface area contributed by atoms with Gasteiger partial charge in [-0.3, -0.25) is 4.79 Å². The zero-order valence-electron chi connectivity index (χ0n) is 20.9. The van der Waals surface area contributed by atoms with Crippen molar-refractivity contribution in [2.24, 2.45) is 5.41 Å². The Morgan fingerprint density at radius 3 is 2.37 bits per heavy atom. The molecular formula is C26H34N6O3. The number of urea groups is 1. The van der Waals surface area contributed by atoms with Crippen molar-refractivity contribution in [1.29, 1.82) is 0 Å². The second-order valence-corrected chi connectivity index (χ2v) is 10.7. The van der Waals surface area contributed by atoms with E-state index >= 15 is 0 Å². The van der Waals surface area contributed by atoms with Gasteiger partial charge in [0.1, 0.15) is 5.82 Å². The van der Waals surface area contributed by atoms with E-state index in [4.69, 9.17) is 14.7 Å². The topological polar surface area (TPSA) is 99.7 Å². The summed E-state index contributed by atoms with van der Waals surface area (Å²) in [6.45, 7) is 8.70. The fraction of sp³-hybridized carbons (Fsp3) is 0.538. The first-order valence-electron chi connectivity index (χ1n) is 12.4. The van der Waals surface area contributed by atoms with Gasteiger partial charge in [-0.15, -0.1) is 0 Å². The molecule has 2 atom stereocenters. The number of anilines is 2. The van der Waals surface area contributed by atoms with Crippen LogP contribution in [0.1, 0.15) is 44.9 Å². The van der Waals surface area contributed by atoms with E-state index in [9.17, 15) is 9.59 Å². The zero-order chi connectivity index (χ0) is 24.7. The monoisotopic (exact) mass is 478 g/mol. The van der Waals surface area contributed by atoms with Gasteiger partial charge in [0.15, 0.2) is 5.82 Å². The lowest BCUT2D eigenvalue weighted by Crippen LogP contribution is -2.46. The zero-order valence-corrected chi connectivity index (χ0v) is 20.9. The van der Waals surface area contributed by atoms with Gasteiger partial charge < -0.3 is 25.2 Å². The van der Waals surface area contributed by atoms with Gasteiger partial charge in [-0.05, 0) is 43.5 Å². The average molecular weight is 479 g/mol. The van der Waals surface area contributed by atoms with Gasteiger partial charge in [-0.25, -0.2) is 14.8 Å². The SMILES string of the molecule is CNC(=O)Nc1ccc(-c2nc3c(c(N4CC5CCC(C4)O5)n2)CCN(C(=O)C(C)(C)C)C3)cc1. The van der Waals surface area contributed by atoms with Crippen molar-refractivity contribution < 1.29 is 14.3 Å². The molecule has 2 fully saturated rings. The molecule has 0 radical (unpaired) electrons. The number of aromatic nitrogens is 2. The summed E-state index contributed by atoms with van der Waals surface area (Å²) in [6, 6.07) is 7.26. The van der Waals surface area contributed by atoms with Crippen molar-refractivity contribution in [2.45, 2.75) is 58.8 Å². The third kappa shape index (κ3) is 4.82. The van der Waals surface area contributed by atoms with Crippen molar-refractivity contribution in [3.8, 4) is 11.4 Å². The highest BCUT2D eigenvalue weighted by molar-refractivity contribution is 5.89. The van der Waals surface area contributed by atoms with Gasteiger partial charge >= 0.3 is 6.03 Å². The molecule has 1 aromatic carbocycles. The highest BCUT2D eigenvalue weighted by Crippen LogP contribution is 2.35. The largest absolute Gasteiger partial charge is 0.371 e. The van der Waals surface area contributed by atoms with Crippen molar-refractivity contribution in [1.82, 2.24) is 20.2 Å². The fourth-order valence-corrected chi connectivity index (χ4v) is 5.13. The van der Waals surface area contributed by atoms with E-state index in [0.29, 0.717) is 24.6 Å². The molecule has 2 saturated heterocycles. The lowest BCUT2D eigenvalue weighted by molar-refractivity contribution is -0.140. The molecule has 2 N–H and O–H groups in total. The number of carbonyl (C=O) groups is 2. The number of nitrogens with one attached hydrogen (secondary N) is 2. The Labute approximate surface area is 206 Å². The van der Waals surface area contributed by atoms with E-state index in [0.717, 1.165) is 55.0 Å². The molecule has 0 aliphatic carbocycles. The fourth-order valence-electron chi connectivity index (χ4n) is 5.13. The number of benzene rings is 1. The maximum atomic E-state index is 13.0. The Kier molecular flexibility index (Phi) is 6.13. The van der Waals surface area contributed by atoms with Crippen LogP contribution >= 0.6 is 0 Å². The molecule has 9 nitrogen and oxygen atoms in total. The summed E-state index contributed by atoms with van der Waals surface area (Å²) in [7, 11) is 1.58. The van der Waals surface area contributed by atoms with E-state index < -0.39 is 5.41 Å². The number of carbonyl (C=O) groups excluding carboxylic acids is 2. The second kappa shape index (κ2) is 9.11. The van der Waals surface area contributed by atoms with Crippen molar-refractivity contribution >= 4 is 23.4 Å². The van der Waals surface area contributed by atoms with Gasteiger partial charge in [-0.2, -0.15) is 0 Å². The minimum absolute atomic E-state index is 0.138. The highest BCUT2D eigenvalue weighted by atomic mass is 16.5. The Bertz CT molecular complexity index is 1120. The van der Waals surface area contributed by atoms with E-state index in [1.807, 2.05) is 49.9 Å². The molecule has 186 valence electrons. The van der Waals surface area contributed by atoms with Crippen LogP contribution in [0.3, 0.4) is 0 Å². The van der Waals surface area contributed by atoms with Crippen molar-refractivity contribution in [3.05, 3.63) is 35.5 Å². The van der Waals surface area contributed by atoms with Gasteiger partial charge in [0.2, 0.25) is 5.91 Å². The highest BCUT2D eigenvalue weighted by Gasteiger charge is 2.37. The number of ether oxygens (including phenoxy) is 1. The van der Waals surface area contributed by atoms with Crippen LogP contribution in [0, 0.1) is 5.41 Å². The number of morpholine rings is 1. The quantitative estimate of drug-likeness (QED) is 0.703. The third-order valence-corrected chi connectivity index (χ3v) is 6.94. The first-order chi connectivity index (χ1) is 16.7. The summed E-state index contributed by atoms with van der Waals surface area (Å²) < 4.78 is 6.07. The number of hydrogen-bond donors (Lipinski definition) is 2. The second-order valence-electron chi connectivity index (χ2n) is 10.7. The molecule has 2 unspecified atom stereocenters. The summed E-state index contributed by atoms with van der Waals surface area (Å²) in [5.41, 5.74) is 3.18. The Morgan fingerprint density at radius 2 is 1.74 bits per heavy atom. The molecule has 2 aromatic rings. The predicted molar refractivity (Wildman–Crippen MR) is 134 cm³/mol. The molecular weight excluding hydrogens is 444 g/mol. The Morgan fingerprint density at radius 1 is 1.06 bits per heavy atom. The van der Waals surface area contributed by atoms with Crippen LogP contribution in [-0.4, -0.2) is 65.7 Å². The molecule has 1 aromatic heterocycles. The van der Waals surface area contributed by atoms with Crippen LogP contribution in [0.4, 0.5) is 16.3 Å². The molecule has 35 heavy (non-hydrogen) atoms. The van der Waals surface area contributed by atoms with E-state index in [2.05, 4.69) is 15.5 Å². The number of nitrogens with zero attached hydrogens (tertiary/aromatic N) is 4. The first kappa shape index (κ1) is 23.5. The first-order valence-corrected chi connectivity index (χ1v) is 12.4. The van der Waals surface area contributed by atoms with Crippen LogP contribution in [0.25, 0.3) is 11.4 Å². The van der Waals surface area contributed by atoms with Gasteiger partial charge in [0.05, 0.1) is 24.4 Å². The third-order valence-electron chi connectivity index (χ3n) is 6.94. The van der Waals surface area contributed by atoms with Gasteiger partial charge in [0, 0.05) is 48.9 Å². The van der Waals surface area contributed by atoms with Crippen LogP contribution in [0.15, 0.2) is 24.3 Å². The lowest BCUT2D eigenvalue weighted by Gasteiger charge is -2.37. The Balaban J connectivity index is 1.50. The average Bonchev–Trinajstić information content (AvgIpc) is 3.19. The number of fused-ring (bicyclic) bond motifs is 3. The minimum Gasteiger partial charge on any atom is -0.371 e. The van der Waals surface area contributed by atoms with Crippen LogP contribution in [0.5, 0.6) is 0 Å². The molecule has 3 aliphatic heterocycles. The molecule has 3 amide bonds. The standard InChI is InChI=1S/C26H34N6O3/c1-26(2,3)24(33)31-12-11-20-21(15-31)29-22(16-5-7-17(8-6-16)28-25(34)27-4)30-23(20)32-13-18-9-10-19(14-32)35-18/h5-8,18-19H,9-15H2,1-4H3,(H2,27,28,34). The normalized spacial score (nSPS) is 21.5. The van der Waals surface area contributed by atoms with E-state index in [1.165, 1.54) is 0 Å². The van der Waals surface area contributed by atoms with Crippen LogP contribution in [-0.2, 0) is 22.5 Å². The van der Waals surface area contributed by atoms with Crippen molar-refractivity contribution in [2.75, 3.05) is 36.9 Å². The summed E-state index contributed by atoms with van der Waals surface area (Å²) in [6.07, 6.45) is 3.43. The van der Waals surface area contributed by atoms with Crippen LogP contribution in [0.2, 0.25) is 0 Å². The summed E-state index contributed by atoms with van der Waals surface area (Å²) in [5.74, 6) is 1.74. The van der Waals surface area contributed by atoms with E-state index in [1.54, 1.807) is 7.05 Å². The lowest BCUT2D eigenvalue weighted by atomic mass is 9.93. The maximum absolute atomic E-state index is 13.0. The number of amides is 3. The smallest absolute Gasteiger partial charge is 0.318 e. The molecule has 9 heteroatoms. The van der Waals surface area contributed by atoms with Gasteiger partial charge in [-0.1, -0.05) is 20.8 Å². The molecule has 0 spiro atoms. The molecule has 4 heterocycles. The van der Waals surface area contributed by atoms with Crippen molar-refractivity contribution in [3.63, 3.8) is 0 Å². The van der Waals surface area contributed by atoms with Crippen LogP contribution < -0.4 is 15.5 Å². The molecule has 3 aliphatic rings. The molecule has 5 rings (SSSR count). The van der Waals surface area contributed by atoms with Gasteiger partial charge in [0.25, 0.3) is 0 Å². The molecule has 0 saturated carbocycles. The number of hydrogen-bond acceptors (Lipinski definition) is 6. The Hall–Kier alpha value is -3.20. The summed E-state index contributed by atoms with van der Waals surface area (Å²) >= 11 is 0. The molecule has 2 bridgehead atoms.